The summed E-state index contributed by atoms with van der Waals surface area (Å²) in [5.41, 5.74) is 5.28. The van der Waals surface area contributed by atoms with E-state index in [1.165, 1.54) is 0 Å². The number of nitrogens with zero attached hydrogens (tertiary/aromatic N) is 8. The first-order chi connectivity index (χ1) is 22.3. The lowest BCUT2D eigenvalue weighted by Gasteiger charge is -2.36. The minimum atomic E-state index is -0.503. The molecule has 0 aliphatic carbocycles. The second-order valence-electron chi connectivity index (χ2n) is 12.8. The Morgan fingerprint density at radius 1 is 0.826 bits per heavy atom. The van der Waals surface area contributed by atoms with E-state index in [2.05, 4.69) is 50.7 Å². The van der Waals surface area contributed by atoms with E-state index in [1.807, 2.05) is 51.4 Å². The average molecular weight is 621 g/mol. The summed E-state index contributed by atoms with van der Waals surface area (Å²) in [6.07, 6.45) is 7.24. The van der Waals surface area contributed by atoms with Crippen LogP contribution in [-0.2, 0) is 22.3 Å². The number of piperazine rings is 1. The van der Waals surface area contributed by atoms with Gasteiger partial charge in [0, 0.05) is 68.3 Å². The van der Waals surface area contributed by atoms with Gasteiger partial charge in [0.1, 0.15) is 11.4 Å². The molecule has 1 amide bonds. The molecule has 5 aromatic rings. The maximum Gasteiger partial charge on any atom is 0.410 e. The topological polar surface area (TPSA) is 101 Å². The highest BCUT2D eigenvalue weighted by Crippen LogP contribution is 2.28. The lowest BCUT2D eigenvalue weighted by atomic mass is 10.1. The fourth-order valence-corrected chi connectivity index (χ4v) is 6.02. The number of pyridine rings is 2. The zero-order valence-corrected chi connectivity index (χ0v) is 26.7. The number of aromatic nitrogens is 5. The predicted molar refractivity (Wildman–Crippen MR) is 178 cm³/mol. The number of aryl methyl sites for hydroxylation is 2. The van der Waals surface area contributed by atoms with Crippen LogP contribution in [-0.4, -0.2) is 93.4 Å². The third-order valence-electron chi connectivity index (χ3n) is 8.43. The molecule has 0 unspecified atom stereocenters. The molecule has 0 saturated carbocycles. The van der Waals surface area contributed by atoms with Crippen molar-refractivity contribution in [2.75, 3.05) is 62.3 Å². The average Bonchev–Trinajstić information content (AvgIpc) is 3.51. The number of hydrogen-bond donors (Lipinski definition) is 0. The van der Waals surface area contributed by atoms with Gasteiger partial charge in [-0.2, -0.15) is 0 Å². The van der Waals surface area contributed by atoms with Crippen molar-refractivity contribution in [3.05, 3.63) is 78.5 Å². The second kappa shape index (κ2) is 12.6. The van der Waals surface area contributed by atoms with Gasteiger partial charge in [0.05, 0.1) is 36.3 Å². The van der Waals surface area contributed by atoms with Crippen LogP contribution in [0.15, 0.2) is 67.1 Å². The molecule has 0 atom stereocenters. The molecule has 46 heavy (non-hydrogen) atoms. The Labute approximate surface area is 268 Å². The van der Waals surface area contributed by atoms with Crippen molar-refractivity contribution in [1.82, 2.24) is 29.2 Å². The number of hydrogen-bond acceptors (Lipinski definition) is 9. The highest BCUT2D eigenvalue weighted by Gasteiger charge is 2.26. The zero-order chi connectivity index (χ0) is 31.7. The molecule has 11 heteroatoms. The Morgan fingerprint density at radius 2 is 1.61 bits per heavy atom. The van der Waals surface area contributed by atoms with E-state index in [9.17, 15) is 4.79 Å². The number of ether oxygens (including phenoxy) is 2. The Hall–Kier alpha value is -4.77. The third-order valence-corrected chi connectivity index (χ3v) is 8.43. The molecule has 4 aromatic heterocycles. The van der Waals surface area contributed by atoms with Crippen LogP contribution < -0.4 is 9.80 Å². The highest BCUT2D eigenvalue weighted by atomic mass is 16.6. The van der Waals surface area contributed by atoms with Gasteiger partial charge in [0.2, 0.25) is 0 Å². The molecular weight excluding hydrogens is 580 g/mol. The molecule has 2 aliphatic heterocycles. The largest absolute Gasteiger partial charge is 0.444 e. The molecule has 0 N–H and O–H groups in total. The fraction of sp³-hybridized carbons (Fsp3) is 0.400. The summed E-state index contributed by atoms with van der Waals surface area (Å²) < 4.78 is 13.3. The van der Waals surface area contributed by atoms with E-state index in [1.54, 1.807) is 4.90 Å². The molecule has 0 bridgehead atoms. The number of carbonyl (C=O) groups excluding carboxylic acids is 1. The zero-order valence-electron chi connectivity index (χ0n) is 26.7. The molecule has 0 spiro atoms. The minimum absolute atomic E-state index is 0.263. The Balaban J connectivity index is 1.11. The van der Waals surface area contributed by atoms with E-state index in [4.69, 9.17) is 29.4 Å². The summed E-state index contributed by atoms with van der Waals surface area (Å²) in [7, 11) is 0. The van der Waals surface area contributed by atoms with Gasteiger partial charge < -0.3 is 24.2 Å². The van der Waals surface area contributed by atoms with Crippen molar-refractivity contribution in [2.45, 2.75) is 39.2 Å². The van der Waals surface area contributed by atoms with Crippen LogP contribution in [0.25, 0.3) is 27.8 Å². The van der Waals surface area contributed by atoms with Gasteiger partial charge in [0.25, 0.3) is 0 Å². The number of anilines is 2. The van der Waals surface area contributed by atoms with E-state index in [0.29, 0.717) is 39.4 Å². The van der Waals surface area contributed by atoms with Gasteiger partial charge >= 0.3 is 6.09 Å². The lowest BCUT2D eigenvalue weighted by Crippen LogP contribution is -2.50. The quantitative estimate of drug-likeness (QED) is 0.259. The predicted octanol–water partition coefficient (Wildman–Crippen LogP) is 5.02. The van der Waals surface area contributed by atoms with E-state index in [0.717, 1.165) is 76.8 Å². The monoisotopic (exact) mass is 620 g/mol. The minimum Gasteiger partial charge on any atom is -0.444 e. The summed E-state index contributed by atoms with van der Waals surface area (Å²) >= 11 is 0. The van der Waals surface area contributed by atoms with Gasteiger partial charge in [-0.3, -0.25) is 9.38 Å². The standard InChI is InChI=1S/C35H40N8O3/c1-35(2,3)46-34(44)42-16-14-40(15-17-42)31-13-9-26(22-36-31)30-23-37-32(41-18-20-45-21-19-41)33-39-28(24-43(30)33)12-11-27-10-8-25-6-4-5-7-29(25)38-27/h4-10,13,22-24H,11-12,14-21H2,1-3H3. The summed E-state index contributed by atoms with van der Waals surface area (Å²) in [5, 5.41) is 1.15. The van der Waals surface area contributed by atoms with Gasteiger partial charge in [0.15, 0.2) is 11.5 Å². The first kappa shape index (κ1) is 29.9. The first-order valence-corrected chi connectivity index (χ1v) is 16.0. The van der Waals surface area contributed by atoms with Gasteiger partial charge in [-0.1, -0.05) is 24.3 Å². The smallest absolute Gasteiger partial charge is 0.410 e. The molecule has 0 radical (unpaired) electrons. The number of rotatable bonds is 6. The van der Waals surface area contributed by atoms with Crippen LogP contribution in [0.3, 0.4) is 0 Å². The number of para-hydroxylation sites is 1. The number of morpholine rings is 1. The normalized spacial score (nSPS) is 15.9. The molecule has 2 saturated heterocycles. The van der Waals surface area contributed by atoms with E-state index < -0.39 is 5.60 Å². The van der Waals surface area contributed by atoms with Crippen molar-refractivity contribution in [3.63, 3.8) is 0 Å². The molecule has 1 aromatic carbocycles. The molecule has 6 heterocycles. The van der Waals surface area contributed by atoms with Crippen LogP contribution in [0.4, 0.5) is 16.4 Å². The number of carbonyl (C=O) groups is 1. The maximum atomic E-state index is 12.5. The van der Waals surface area contributed by atoms with Gasteiger partial charge in [-0.05, 0) is 57.9 Å². The highest BCUT2D eigenvalue weighted by molar-refractivity contribution is 5.78. The molecular formula is C35H40N8O3. The first-order valence-electron chi connectivity index (χ1n) is 16.0. The van der Waals surface area contributed by atoms with Crippen LogP contribution in [0, 0.1) is 0 Å². The molecule has 2 aliphatic rings. The Morgan fingerprint density at radius 3 is 2.37 bits per heavy atom. The van der Waals surface area contributed by atoms with E-state index in [-0.39, 0.29) is 6.09 Å². The third kappa shape index (κ3) is 6.46. The number of fused-ring (bicyclic) bond motifs is 2. The van der Waals surface area contributed by atoms with Crippen LogP contribution in [0.1, 0.15) is 32.2 Å². The number of amides is 1. The van der Waals surface area contributed by atoms with Crippen LogP contribution in [0.2, 0.25) is 0 Å². The van der Waals surface area contributed by atoms with Crippen molar-refractivity contribution >= 4 is 34.3 Å². The molecule has 238 valence electrons. The van der Waals surface area contributed by atoms with Gasteiger partial charge in [-0.15, -0.1) is 0 Å². The molecule has 11 nitrogen and oxygen atoms in total. The Kier molecular flexibility index (Phi) is 8.16. The van der Waals surface area contributed by atoms with Crippen molar-refractivity contribution < 1.29 is 14.3 Å². The SMILES string of the molecule is CC(C)(C)OC(=O)N1CCN(c2ccc(-c3cnc(N4CCOCC4)c4nc(CCc5ccc6ccccc6n5)cn34)cn2)CC1. The summed E-state index contributed by atoms with van der Waals surface area (Å²) in [4.78, 5) is 38.4. The maximum absolute atomic E-state index is 12.5. The summed E-state index contributed by atoms with van der Waals surface area (Å²) in [6.45, 7) is 11.2. The molecule has 7 rings (SSSR count). The summed E-state index contributed by atoms with van der Waals surface area (Å²) in [6, 6.07) is 16.6. The van der Waals surface area contributed by atoms with Crippen LogP contribution >= 0.6 is 0 Å². The van der Waals surface area contributed by atoms with Gasteiger partial charge in [-0.25, -0.2) is 19.7 Å². The number of benzene rings is 1. The van der Waals surface area contributed by atoms with E-state index >= 15 is 0 Å². The van der Waals surface area contributed by atoms with Crippen molar-refractivity contribution in [2.24, 2.45) is 0 Å². The number of imidazole rings is 1. The second-order valence-corrected chi connectivity index (χ2v) is 12.8. The van der Waals surface area contributed by atoms with Crippen LogP contribution in [0.5, 0.6) is 0 Å². The Bertz CT molecular complexity index is 1840. The lowest BCUT2D eigenvalue weighted by molar-refractivity contribution is 0.0240. The van der Waals surface area contributed by atoms with Crippen molar-refractivity contribution in [3.8, 4) is 11.3 Å². The van der Waals surface area contributed by atoms with Crippen molar-refractivity contribution in [1.29, 1.82) is 0 Å². The fourth-order valence-electron chi connectivity index (χ4n) is 6.02. The summed E-state index contributed by atoms with van der Waals surface area (Å²) in [5.74, 6) is 1.76. The molecule has 2 fully saturated rings.